The third-order valence-electron chi connectivity index (χ3n) is 1.70. The Morgan fingerprint density at radius 1 is 1.27 bits per heavy atom. The Bertz CT molecular complexity index is 306. The van der Waals surface area contributed by atoms with Crippen molar-refractivity contribution >= 4 is 6.29 Å². The lowest BCUT2D eigenvalue weighted by atomic mass is 10.0. The number of azide groups is 2. The molecule has 0 aliphatic carbocycles. The minimum atomic E-state index is -1.55. The molecule has 0 rings (SSSR count). The topological polar surface area (TPSA) is 155 Å². The molecule has 0 saturated carbocycles. The molecule has 0 unspecified atom stereocenters. The minimum Gasteiger partial charge on any atom is -0.393 e. The first-order chi connectivity index (χ1) is 7.08. The second-order valence-electron chi connectivity index (χ2n) is 2.76. The number of carbonyl (C=O) groups excluding carboxylic acids is 1. The van der Waals surface area contributed by atoms with Gasteiger partial charge in [-0.1, -0.05) is 10.2 Å². The molecule has 82 valence electrons. The van der Waals surface area contributed by atoms with Gasteiger partial charge < -0.3 is 15.0 Å². The van der Waals surface area contributed by atoms with Crippen molar-refractivity contribution in [2.24, 2.45) is 10.2 Å². The minimum absolute atomic E-state index is 0.215. The Morgan fingerprint density at radius 3 is 2.13 bits per heavy atom. The Hall–Kier alpha value is -1.79. The number of rotatable bonds is 6. The summed E-state index contributed by atoms with van der Waals surface area (Å²) >= 11 is 0. The molecule has 0 aliphatic heterocycles. The zero-order chi connectivity index (χ0) is 11.8. The van der Waals surface area contributed by atoms with Crippen LogP contribution in [0.4, 0.5) is 0 Å². The van der Waals surface area contributed by atoms with E-state index in [1.807, 2.05) is 0 Å². The first kappa shape index (κ1) is 13.2. The SMILES string of the molecule is C[C@@H](O)[C@@H](N=[N+]=[N-])[C@H](O)[C@@H](C=O)N=[N+]=[N-]. The maximum Gasteiger partial charge on any atom is 0.131 e. The number of hydrogen-bond donors (Lipinski definition) is 2. The van der Waals surface area contributed by atoms with Crippen molar-refractivity contribution in [2.45, 2.75) is 31.2 Å². The van der Waals surface area contributed by atoms with Gasteiger partial charge in [-0.2, -0.15) is 0 Å². The van der Waals surface area contributed by atoms with Gasteiger partial charge in [0.1, 0.15) is 12.3 Å². The summed E-state index contributed by atoms with van der Waals surface area (Å²) in [5, 5.41) is 24.7. The molecular weight excluding hydrogens is 204 g/mol. The normalized spacial score (nSPS) is 17.5. The highest BCUT2D eigenvalue weighted by atomic mass is 16.3. The summed E-state index contributed by atoms with van der Waals surface area (Å²) in [7, 11) is 0. The maximum absolute atomic E-state index is 10.4. The Labute approximate surface area is 84.6 Å². The zero-order valence-electron chi connectivity index (χ0n) is 7.87. The van der Waals surface area contributed by atoms with Gasteiger partial charge in [0.25, 0.3) is 0 Å². The van der Waals surface area contributed by atoms with E-state index < -0.39 is 24.3 Å². The summed E-state index contributed by atoms with van der Waals surface area (Å²) in [6, 6.07) is -2.63. The van der Waals surface area contributed by atoms with Crippen LogP contribution < -0.4 is 0 Å². The van der Waals surface area contributed by atoms with Gasteiger partial charge in [0.2, 0.25) is 0 Å². The van der Waals surface area contributed by atoms with E-state index in [-0.39, 0.29) is 6.29 Å². The van der Waals surface area contributed by atoms with E-state index in [2.05, 4.69) is 20.1 Å². The second kappa shape index (κ2) is 6.63. The number of nitrogens with zero attached hydrogens (tertiary/aromatic N) is 6. The summed E-state index contributed by atoms with van der Waals surface area (Å²) in [6.07, 6.45) is -2.49. The third kappa shape index (κ3) is 3.84. The standard InChI is InChI=1S/C6H10N6O3/c1-3(14)5(10-12-8)6(15)4(2-13)9-11-7/h2-6,14-15H,1H3/t3-,4-,5-,6-/m1/s1. The van der Waals surface area contributed by atoms with Gasteiger partial charge in [0.05, 0.1) is 18.2 Å². The molecule has 4 atom stereocenters. The van der Waals surface area contributed by atoms with Gasteiger partial charge in [-0.05, 0) is 18.0 Å². The molecule has 0 radical (unpaired) electrons. The van der Waals surface area contributed by atoms with Crippen molar-refractivity contribution in [2.75, 3.05) is 0 Å². The van der Waals surface area contributed by atoms with Gasteiger partial charge in [0, 0.05) is 9.82 Å². The van der Waals surface area contributed by atoms with Crippen LogP contribution in [0.2, 0.25) is 0 Å². The van der Waals surface area contributed by atoms with E-state index in [9.17, 15) is 9.90 Å². The van der Waals surface area contributed by atoms with Crippen LogP contribution >= 0.6 is 0 Å². The number of aldehydes is 1. The lowest BCUT2D eigenvalue weighted by molar-refractivity contribution is -0.111. The first-order valence-electron chi connectivity index (χ1n) is 3.98. The van der Waals surface area contributed by atoms with Gasteiger partial charge in [-0.3, -0.25) is 0 Å². The molecule has 0 bridgehead atoms. The van der Waals surface area contributed by atoms with Crippen molar-refractivity contribution in [3.05, 3.63) is 20.9 Å². The van der Waals surface area contributed by atoms with Crippen LogP contribution in [0.25, 0.3) is 20.9 Å². The summed E-state index contributed by atoms with van der Waals surface area (Å²) in [5.41, 5.74) is 16.3. The first-order valence-corrected chi connectivity index (χ1v) is 3.98. The van der Waals surface area contributed by atoms with E-state index in [1.165, 1.54) is 6.92 Å². The molecule has 0 heterocycles. The number of carbonyl (C=O) groups is 1. The van der Waals surface area contributed by atoms with E-state index in [4.69, 9.17) is 16.2 Å². The fourth-order valence-corrected chi connectivity index (χ4v) is 0.947. The molecule has 0 aromatic rings. The summed E-state index contributed by atoms with van der Waals surface area (Å²) in [5.74, 6) is 0. The van der Waals surface area contributed by atoms with Crippen molar-refractivity contribution in [3.8, 4) is 0 Å². The maximum atomic E-state index is 10.4. The smallest absolute Gasteiger partial charge is 0.131 e. The monoisotopic (exact) mass is 214 g/mol. The van der Waals surface area contributed by atoms with Crippen LogP contribution in [0, 0.1) is 0 Å². The largest absolute Gasteiger partial charge is 0.393 e. The van der Waals surface area contributed by atoms with Crippen LogP contribution in [0.15, 0.2) is 10.2 Å². The molecular formula is C6H10N6O3. The van der Waals surface area contributed by atoms with E-state index in [0.29, 0.717) is 0 Å². The lowest BCUT2D eigenvalue weighted by Gasteiger charge is -2.22. The van der Waals surface area contributed by atoms with Crippen molar-refractivity contribution < 1.29 is 15.0 Å². The zero-order valence-corrected chi connectivity index (χ0v) is 7.87. The highest BCUT2D eigenvalue weighted by Gasteiger charge is 2.29. The number of aliphatic hydroxyl groups is 2. The van der Waals surface area contributed by atoms with Crippen LogP contribution in [-0.2, 0) is 4.79 Å². The number of aliphatic hydroxyl groups excluding tert-OH is 2. The van der Waals surface area contributed by atoms with Crippen LogP contribution in [0.3, 0.4) is 0 Å². The highest BCUT2D eigenvalue weighted by molar-refractivity contribution is 5.59. The van der Waals surface area contributed by atoms with E-state index in [1.54, 1.807) is 0 Å². The highest BCUT2D eigenvalue weighted by Crippen LogP contribution is 2.11. The molecule has 15 heavy (non-hydrogen) atoms. The van der Waals surface area contributed by atoms with Crippen LogP contribution in [0.5, 0.6) is 0 Å². The molecule has 0 spiro atoms. The van der Waals surface area contributed by atoms with E-state index >= 15 is 0 Å². The molecule has 0 aromatic heterocycles. The van der Waals surface area contributed by atoms with Gasteiger partial charge in [-0.25, -0.2) is 0 Å². The molecule has 0 aromatic carbocycles. The Balaban J connectivity index is 4.88. The predicted molar refractivity (Wildman–Crippen MR) is 49.6 cm³/mol. The van der Waals surface area contributed by atoms with Crippen molar-refractivity contribution in [1.29, 1.82) is 0 Å². The third-order valence-corrected chi connectivity index (χ3v) is 1.70. The fraction of sp³-hybridized carbons (Fsp3) is 0.833. The Morgan fingerprint density at radius 2 is 1.80 bits per heavy atom. The molecule has 9 heteroatoms. The average molecular weight is 214 g/mol. The van der Waals surface area contributed by atoms with Crippen molar-refractivity contribution in [1.82, 2.24) is 0 Å². The van der Waals surface area contributed by atoms with Crippen molar-refractivity contribution in [3.63, 3.8) is 0 Å². The Kier molecular flexibility index (Phi) is 5.84. The van der Waals surface area contributed by atoms with Gasteiger partial charge in [0.15, 0.2) is 0 Å². The summed E-state index contributed by atoms with van der Waals surface area (Å²) in [6.45, 7) is 1.28. The van der Waals surface area contributed by atoms with Crippen LogP contribution in [0.1, 0.15) is 6.92 Å². The second-order valence-corrected chi connectivity index (χ2v) is 2.76. The average Bonchev–Trinajstić information content (AvgIpc) is 2.21. The quantitative estimate of drug-likeness (QED) is 0.282. The number of hydrogen-bond acceptors (Lipinski definition) is 5. The van der Waals surface area contributed by atoms with Gasteiger partial charge in [-0.15, -0.1) is 0 Å². The summed E-state index contributed by atoms with van der Waals surface area (Å²) < 4.78 is 0. The lowest BCUT2D eigenvalue weighted by Crippen LogP contribution is -2.41. The van der Waals surface area contributed by atoms with Crippen LogP contribution in [-0.4, -0.2) is 40.8 Å². The molecule has 0 aliphatic rings. The van der Waals surface area contributed by atoms with Gasteiger partial charge >= 0.3 is 0 Å². The fourth-order valence-electron chi connectivity index (χ4n) is 0.947. The summed E-state index contributed by atoms with van der Waals surface area (Å²) in [4.78, 5) is 15.2. The molecule has 0 saturated heterocycles. The molecule has 9 nitrogen and oxygen atoms in total. The molecule has 0 amide bonds. The predicted octanol–water partition coefficient (Wildman–Crippen LogP) is 0.285. The molecule has 0 fully saturated rings. The van der Waals surface area contributed by atoms with E-state index in [0.717, 1.165) is 0 Å². The molecule has 2 N–H and O–H groups in total.